The molecule has 0 bridgehead atoms. The topological polar surface area (TPSA) is 100 Å². The third kappa shape index (κ3) is 3.72. The number of nitrogens with one attached hydrogen (secondary N) is 1. The molecule has 8 nitrogen and oxygen atoms in total. The van der Waals surface area contributed by atoms with Gasteiger partial charge in [-0.3, -0.25) is 9.36 Å². The fourth-order valence-electron chi connectivity index (χ4n) is 4.00. The molecule has 0 amide bonds. The first-order chi connectivity index (χ1) is 14.5. The summed E-state index contributed by atoms with van der Waals surface area (Å²) in [5, 5.41) is 13.1. The van der Waals surface area contributed by atoms with E-state index in [1.165, 1.54) is 12.5 Å². The molecule has 0 unspecified atom stereocenters. The maximum atomic E-state index is 13.1. The van der Waals surface area contributed by atoms with E-state index in [0.717, 1.165) is 37.1 Å². The third-order valence-electron chi connectivity index (χ3n) is 5.50. The largest absolute Gasteiger partial charge is 0.478 e. The zero-order valence-corrected chi connectivity index (χ0v) is 17.2. The van der Waals surface area contributed by atoms with E-state index >= 15 is 0 Å². The zero-order valence-electron chi connectivity index (χ0n) is 17.2. The van der Waals surface area contributed by atoms with Crippen LogP contribution in [0.15, 0.2) is 35.3 Å². The van der Waals surface area contributed by atoms with Crippen molar-refractivity contribution in [3.63, 3.8) is 0 Å². The lowest BCUT2D eigenvalue weighted by Gasteiger charge is -2.29. The van der Waals surface area contributed by atoms with Gasteiger partial charge in [-0.1, -0.05) is 6.07 Å². The van der Waals surface area contributed by atoms with Crippen LogP contribution >= 0.6 is 0 Å². The van der Waals surface area contributed by atoms with E-state index in [4.69, 9.17) is 4.98 Å². The highest BCUT2D eigenvalue weighted by Gasteiger charge is 2.19. The lowest BCUT2D eigenvalue weighted by atomic mass is 10.1. The number of anilines is 2. The monoisotopic (exact) mass is 407 g/mol. The van der Waals surface area contributed by atoms with Gasteiger partial charge in [-0.2, -0.15) is 0 Å². The molecule has 0 spiro atoms. The highest BCUT2D eigenvalue weighted by molar-refractivity contribution is 5.93. The van der Waals surface area contributed by atoms with Gasteiger partial charge in [0.05, 0.1) is 10.9 Å². The number of aryl methyl sites for hydroxylation is 1. The number of aromatic carboxylic acids is 1. The first kappa shape index (κ1) is 19.9. The Morgan fingerprint density at radius 1 is 1.23 bits per heavy atom. The Balaban J connectivity index is 1.77. The van der Waals surface area contributed by atoms with Crippen LogP contribution in [0, 0.1) is 6.92 Å². The molecule has 0 saturated carbocycles. The molecule has 2 aromatic heterocycles. The molecule has 1 aliphatic rings. The minimum Gasteiger partial charge on any atom is -0.478 e. The molecular formula is C22H25N5O3. The average Bonchev–Trinajstić information content (AvgIpc) is 2.75. The minimum atomic E-state index is -1.04. The summed E-state index contributed by atoms with van der Waals surface area (Å²) in [5.41, 5.74) is 2.46. The average molecular weight is 407 g/mol. The maximum absolute atomic E-state index is 13.1. The summed E-state index contributed by atoms with van der Waals surface area (Å²) in [5.74, 6) is -0.0693. The number of nitrogens with zero attached hydrogens (tertiary/aromatic N) is 4. The van der Waals surface area contributed by atoms with Gasteiger partial charge in [0.15, 0.2) is 0 Å². The Bertz CT molecular complexity index is 1170. The van der Waals surface area contributed by atoms with Crippen LogP contribution in [0.25, 0.3) is 10.9 Å². The van der Waals surface area contributed by atoms with E-state index in [1.807, 2.05) is 19.1 Å². The molecule has 1 aromatic carbocycles. The van der Waals surface area contributed by atoms with Crippen LogP contribution in [0.1, 0.15) is 40.7 Å². The van der Waals surface area contributed by atoms with E-state index in [0.29, 0.717) is 29.2 Å². The number of piperidine rings is 1. The fraction of sp³-hybridized carbons (Fsp3) is 0.364. The Morgan fingerprint density at radius 2 is 2.00 bits per heavy atom. The van der Waals surface area contributed by atoms with Crippen molar-refractivity contribution in [1.82, 2.24) is 14.5 Å². The Kier molecular flexibility index (Phi) is 5.39. The van der Waals surface area contributed by atoms with Crippen LogP contribution < -0.4 is 15.8 Å². The van der Waals surface area contributed by atoms with Crippen molar-refractivity contribution < 1.29 is 9.90 Å². The van der Waals surface area contributed by atoms with Gasteiger partial charge in [0.25, 0.3) is 5.56 Å². The molecule has 2 N–H and O–H groups in total. The second-order valence-electron chi connectivity index (χ2n) is 7.70. The second kappa shape index (κ2) is 8.14. The van der Waals surface area contributed by atoms with Crippen LogP contribution in [0.4, 0.5) is 11.8 Å². The van der Waals surface area contributed by atoms with Gasteiger partial charge >= 0.3 is 5.97 Å². The molecule has 0 radical (unpaired) electrons. The highest BCUT2D eigenvalue weighted by atomic mass is 16.4. The molecule has 3 heterocycles. The smallest absolute Gasteiger partial charge is 0.339 e. The first-order valence-electron chi connectivity index (χ1n) is 10.1. The number of carboxylic acids is 1. The molecule has 8 heteroatoms. The third-order valence-corrected chi connectivity index (χ3v) is 5.50. The summed E-state index contributed by atoms with van der Waals surface area (Å²) >= 11 is 0. The Labute approximate surface area is 174 Å². The predicted octanol–water partition coefficient (Wildman–Crippen LogP) is 2.94. The van der Waals surface area contributed by atoms with Gasteiger partial charge in [-0.25, -0.2) is 14.8 Å². The van der Waals surface area contributed by atoms with Gasteiger partial charge in [0.2, 0.25) is 5.95 Å². The van der Waals surface area contributed by atoms with Gasteiger partial charge in [-0.05, 0) is 55.5 Å². The van der Waals surface area contributed by atoms with Crippen LogP contribution in [-0.4, -0.2) is 38.7 Å². The highest BCUT2D eigenvalue weighted by Crippen LogP contribution is 2.23. The van der Waals surface area contributed by atoms with Crippen molar-refractivity contribution in [3.05, 3.63) is 57.5 Å². The molecule has 30 heavy (non-hydrogen) atoms. The van der Waals surface area contributed by atoms with Crippen molar-refractivity contribution in [3.8, 4) is 0 Å². The first-order valence-corrected chi connectivity index (χ1v) is 10.1. The standard InChI is InChI=1S/C22H25N5O3/c1-14-11-15(13-24-19-16(21(29)30)7-6-8-23-19)18-17(12-14)20(28)26(2)22(25-18)27-9-4-3-5-10-27/h6-8,11-12H,3-5,9-10,13H2,1-2H3,(H,23,24)(H,29,30). The van der Waals surface area contributed by atoms with E-state index < -0.39 is 5.97 Å². The summed E-state index contributed by atoms with van der Waals surface area (Å²) in [4.78, 5) is 35.8. The zero-order chi connectivity index (χ0) is 21.3. The number of hydrogen-bond donors (Lipinski definition) is 2. The van der Waals surface area contributed by atoms with Gasteiger partial charge in [0.1, 0.15) is 11.4 Å². The lowest BCUT2D eigenvalue weighted by Crippen LogP contribution is -2.35. The number of benzene rings is 1. The molecule has 0 atom stereocenters. The summed E-state index contributed by atoms with van der Waals surface area (Å²) in [6.07, 6.45) is 4.93. The second-order valence-corrected chi connectivity index (χ2v) is 7.70. The predicted molar refractivity (Wildman–Crippen MR) is 116 cm³/mol. The van der Waals surface area contributed by atoms with Gasteiger partial charge in [0, 0.05) is 32.9 Å². The summed E-state index contributed by atoms with van der Waals surface area (Å²) < 4.78 is 1.63. The van der Waals surface area contributed by atoms with Crippen LogP contribution in [0.5, 0.6) is 0 Å². The van der Waals surface area contributed by atoms with Gasteiger partial charge in [-0.15, -0.1) is 0 Å². The molecule has 1 saturated heterocycles. The van der Waals surface area contributed by atoms with Crippen molar-refractivity contribution in [1.29, 1.82) is 0 Å². The van der Waals surface area contributed by atoms with Crippen LogP contribution in [-0.2, 0) is 13.6 Å². The van der Waals surface area contributed by atoms with Gasteiger partial charge < -0.3 is 15.3 Å². The van der Waals surface area contributed by atoms with E-state index in [9.17, 15) is 14.7 Å². The molecule has 4 rings (SSSR count). The normalized spacial score (nSPS) is 14.1. The van der Waals surface area contributed by atoms with Crippen molar-refractivity contribution in [2.45, 2.75) is 32.7 Å². The minimum absolute atomic E-state index is 0.0745. The lowest BCUT2D eigenvalue weighted by molar-refractivity contribution is 0.0697. The quantitative estimate of drug-likeness (QED) is 0.671. The molecule has 3 aromatic rings. The van der Waals surface area contributed by atoms with Crippen molar-refractivity contribution in [2.24, 2.45) is 7.05 Å². The number of carbonyl (C=O) groups is 1. The fourth-order valence-corrected chi connectivity index (χ4v) is 4.00. The maximum Gasteiger partial charge on any atom is 0.339 e. The van der Waals surface area contributed by atoms with E-state index in [1.54, 1.807) is 23.9 Å². The number of pyridine rings is 1. The molecular weight excluding hydrogens is 382 g/mol. The molecule has 1 fully saturated rings. The van der Waals surface area contributed by atoms with Crippen LogP contribution in [0.3, 0.4) is 0 Å². The molecule has 1 aliphatic heterocycles. The molecule has 0 aliphatic carbocycles. The van der Waals surface area contributed by atoms with Crippen LogP contribution in [0.2, 0.25) is 0 Å². The van der Waals surface area contributed by atoms with E-state index in [2.05, 4.69) is 15.2 Å². The summed E-state index contributed by atoms with van der Waals surface area (Å²) in [6, 6.07) is 6.93. The number of rotatable bonds is 5. The number of aromatic nitrogens is 3. The SMILES string of the molecule is Cc1cc(CNc2ncccc2C(=O)O)c2nc(N3CCCCC3)n(C)c(=O)c2c1. The Morgan fingerprint density at radius 3 is 2.73 bits per heavy atom. The molecule has 156 valence electrons. The number of hydrogen-bond acceptors (Lipinski definition) is 6. The van der Waals surface area contributed by atoms with Crippen molar-refractivity contribution >= 4 is 28.6 Å². The Hall–Kier alpha value is -3.42. The summed E-state index contributed by atoms with van der Waals surface area (Å²) in [7, 11) is 1.77. The number of carboxylic acid groups (broad SMARTS) is 1. The van der Waals surface area contributed by atoms with E-state index in [-0.39, 0.29) is 11.1 Å². The van der Waals surface area contributed by atoms with Crippen molar-refractivity contribution in [2.75, 3.05) is 23.3 Å². The number of fused-ring (bicyclic) bond motifs is 1. The summed E-state index contributed by atoms with van der Waals surface area (Å²) in [6.45, 7) is 4.03.